The van der Waals surface area contributed by atoms with Gasteiger partial charge in [-0.3, -0.25) is 15.1 Å². The average molecular weight is 372 g/mol. The van der Waals surface area contributed by atoms with Gasteiger partial charge in [-0.15, -0.1) is 0 Å². The van der Waals surface area contributed by atoms with Crippen molar-refractivity contribution in [3.05, 3.63) is 66.2 Å². The highest BCUT2D eigenvalue weighted by Crippen LogP contribution is 2.27. The first kappa shape index (κ1) is 16.2. The van der Waals surface area contributed by atoms with Gasteiger partial charge in [0.2, 0.25) is 0 Å². The first-order valence-electron chi connectivity index (χ1n) is 8.76. The lowest BCUT2D eigenvalue weighted by Gasteiger charge is -2.04. The Labute approximate surface area is 159 Å². The summed E-state index contributed by atoms with van der Waals surface area (Å²) in [6.07, 6.45) is 3.43. The molecule has 4 aromatic heterocycles. The van der Waals surface area contributed by atoms with E-state index in [2.05, 4.69) is 30.6 Å². The lowest BCUT2D eigenvalue weighted by molar-refractivity contribution is 0.291. The van der Waals surface area contributed by atoms with Crippen LogP contribution >= 0.6 is 0 Å². The lowest BCUT2D eigenvalue weighted by Crippen LogP contribution is -1.97. The van der Waals surface area contributed by atoms with Crippen LogP contribution in [0.15, 0.2) is 59.4 Å². The van der Waals surface area contributed by atoms with Crippen LogP contribution < -0.4 is 10.1 Å². The first-order chi connectivity index (χ1) is 13.8. The molecule has 5 aromatic rings. The van der Waals surface area contributed by atoms with Crippen LogP contribution in [0.3, 0.4) is 0 Å². The largest absolute Gasteiger partial charge is 0.486 e. The van der Waals surface area contributed by atoms with Gasteiger partial charge in [0.25, 0.3) is 0 Å². The number of aryl methyl sites for hydroxylation is 1. The molecule has 5 rings (SSSR count). The van der Waals surface area contributed by atoms with Gasteiger partial charge in [-0.2, -0.15) is 5.10 Å². The predicted octanol–water partition coefficient (Wildman–Crippen LogP) is 4.13. The fourth-order valence-electron chi connectivity index (χ4n) is 2.94. The quantitative estimate of drug-likeness (QED) is 0.478. The van der Waals surface area contributed by atoms with E-state index in [9.17, 15) is 0 Å². The standard InChI is InChI=1S/C20H16N6O2/c1-12-4-6-14(10-22-12)27-11-17-15-7-5-13(9-18(15)28-26-17)23-20-19-16(24-25-20)3-2-8-21-19/h2-10H,11H2,1H3,(H2,23,24,25). The number of hydrogen-bond donors (Lipinski definition) is 2. The minimum Gasteiger partial charge on any atom is -0.486 e. The van der Waals surface area contributed by atoms with Gasteiger partial charge in [0.15, 0.2) is 11.4 Å². The van der Waals surface area contributed by atoms with E-state index in [1.54, 1.807) is 12.4 Å². The van der Waals surface area contributed by atoms with Crippen molar-refractivity contribution in [2.75, 3.05) is 5.32 Å². The number of benzene rings is 1. The molecule has 0 aliphatic rings. The van der Waals surface area contributed by atoms with Gasteiger partial charge in [0, 0.05) is 29.0 Å². The normalized spacial score (nSPS) is 11.2. The molecule has 0 saturated heterocycles. The molecule has 0 amide bonds. The number of nitrogens with zero attached hydrogens (tertiary/aromatic N) is 4. The number of aromatic nitrogens is 5. The number of aromatic amines is 1. The van der Waals surface area contributed by atoms with Gasteiger partial charge in [-0.25, -0.2) is 0 Å². The molecule has 0 spiro atoms. The molecule has 0 aliphatic carbocycles. The van der Waals surface area contributed by atoms with Gasteiger partial charge < -0.3 is 14.6 Å². The summed E-state index contributed by atoms with van der Waals surface area (Å²) in [7, 11) is 0. The Bertz CT molecular complexity index is 1260. The fourth-order valence-corrected chi connectivity index (χ4v) is 2.94. The molecular weight excluding hydrogens is 356 g/mol. The van der Waals surface area contributed by atoms with Gasteiger partial charge in [-0.1, -0.05) is 5.16 Å². The number of hydrogen-bond acceptors (Lipinski definition) is 7. The number of nitrogens with one attached hydrogen (secondary N) is 2. The highest BCUT2D eigenvalue weighted by molar-refractivity contribution is 5.89. The number of pyridine rings is 2. The number of rotatable bonds is 5. The Balaban J connectivity index is 1.36. The van der Waals surface area contributed by atoms with Crippen LogP contribution in [0.5, 0.6) is 5.75 Å². The third kappa shape index (κ3) is 3.01. The molecule has 0 fully saturated rings. The van der Waals surface area contributed by atoms with Gasteiger partial charge in [-0.05, 0) is 43.3 Å². The second kappa shape index (κ2) is 6.66. The molecule has 28 heavy (non-hydrogen) atoms. The molecule has 138 valence electrons. The SMILES string of the molecule is Cc1ccc(OCc2noc3cc(Nc4n[nH]c5cccnc45)ccc23)cn1. The molecule has 0 unspecified atom stereocenters. The van der Waals surface area contributed by atoms with E-state index in [1.807, 2.05) is 49.4 Å². The minimum atomic E-state index is 0.304. The zero-order valence-corrected chi connectivity index (χ0v) is 15.0. The molecule has 0 bridgehead atoms. The molecule has 4 heterocycles. The van der Waals surface area contributed by atoms with E-state index >= 15 is 0 Å². The molecule has 8 heteroatoms. The zero-order chi connectivity index (χ0) is 18.9. The molecule has 0 atom stereocenters. The monoisotopic (exact) mass is 372 g/mol. The topological polar surface area (TPSA) is 102 Å². The van der Waals surface area contributed by atoms with Crippen LogP contribution in [0.1, 0.15) is 11.4 Å². The van der Waals surface area contributed by atoms with E-state index in [-0.39, 0.29) is 0 Å². The van der Waals surface area contributed by atoms with Gasteiger partial charge in [0.05, 0.1) is 11.7 Å². The summed E-state index contributed by atoms with van der Waals surface area (Å²) in [6, 6.07) is 13.3. The number of anilines is 2. The Kier molecular flexibility index (Phi) is 3.86. The van der Waals surface area contributed by atoms with Crippen molar-refractivity contribution in [3.8, 4) is 5.75 Å². The van der Waals surface area contributed by atoms with Crippen molar-refractivity contribution >= 4 is 33.5 Å². The number of ether oxygens (including phenoxy) is 1. The van der Waals surface area contributed by atoms with Crippen molar-refractivity contribution in [1.29, 1.82) is 0 Å². The van der Waals surface area contributed by atoms with Crippen LogP contribution in [-0.4, -0.2) is 25.3 Å². The second-order valence-corrected chi connectivity index (χ2v) is 6.36. The van der Waals surface area contributed by atoms with Crippen molar-refractivity contribution in [2.45, 2.75) is 13.5 Å². The summed E-state index contributed by atoms with van der Waals surface area (Å²) >= 11 is 0. The molecular formula is C20H16N6O2. The van der Waals surface area contributed by atoms with Crippen LogP contribution in [-0.2, 0) is 6.61 Å². The highest BCUT2D eigenvalue weighted by atomic mass is 16.5. The Morgan fingerprint density at radius 2 is 2.11 bits per heavy atom. The molecule has 2 N–H and O–H groups in total. The van der Waals surface area contributed by atoms with E-state index in [0.29, 0.717) is 23.8 Å². The molecule has 0 saturated carbocycles. The third-order valence-corrected chi connectivity index (χ3v) is 4.39. The van der Waals surface area contributed by atoms with Crippen LogP contribution in [0.2, 0.25) is 0 Å². The van der Waals surface area contributed by atoms with E-state index in [4.69, 9.17) is 9.26 Å². The summed E-state index contributed by atoms with van der Waals surface area (Å²) in [6.45, 7) is 2.24. The van der Waals surface area contributed by atoms with Crippen molar-refractivity contribution in [1.82, 2.24) is 25.3 Å². The maximum atomic E-state index is 5.75. The predicted molar refractivity (Wildman–Crippen MR) is 104 cm³/mol. The zero-order valence-electron chi connectivity index (χ0n) is 15.0. The van der Waals surface area contributed by atoms with Crippen LogP contribution in [0.4, 0.5) is 11.5 Å². The Hall–Kier alpha value is -3.94. The summed E-state index contributed by atoms with van der Waals surface area (Å²) in [4.78, 5) is 8.57. The van der Waals surface area contributed by atoms with Gasteiger partial charge in [0.1, 0.15) is 23.6 Å². The van der Waals surface area contributed by atoms with Gasteiger partial charge >= 0.3 is 0 Å². The summed E-state index contributed by atoms with van der Waals surface area (Å²) in [5.41, 5.74) is 4.82. The summed E-state index contributed by atoms with van der Waals surface area (Å²) in [5, 5.41) is 15.5. The van der Waals surface area contributed by atoms with Crippen LogP contribution in [0.25, 0.3) is 22.0 Å². The smallest absolute Gasteiger partial charge is 0.178 e. The first-order valence-corrected chi connectivity index (χ1v) is 8.76. The number of H-pyrrole nitrogens is 1. The summed E-state index contributed by atoms with van der Waals surface area (Å²) < 4.78 is 11.2. The van der Waals surface area contributed by atoms with E-state index in [1.165, 1.54) is 0 Å². The van der Waals surface area contributed by atoms with E-state index in [0.717, 1.165) is 33.5 Å². The van der Waals surface area contributed by atoms with Crippen LogP contribution in [0, 0.1) is 6.92 Å². The minimum absolute atomic E-state index is 0.304. The maximum Gasteiger partial charge on any atom is 0.178 e. The summed E-state index contributed by atoms with van der Waals surface area (Å²) in [5.74, 6) is 1.35. The van der Waals surface area contributed by atoms with E-state index < -0.39 is 0 Å². The molecule has 8 nitrogen and oxygen atoms in total. The van der Waals surface area contributed by atoms with Crippen molar-refractivity contribution in [3.63, 3.8) is 0 Å². The molecule has 1 aromatic carbocycles. The second-order valence-electron chi connectivity index (χ2n) is 6.36. The third-order valence-electron chi connectivity index (χ3n) is 4.39. The maximum absolute atomic E-state index is 5.75. The molecule has 0 aliphatic heterocycles. The number of fused-ring (bicyclic) bond motifs is 2. The Morgan fingerprint density at radius 1 is 1.14 bits per heavy atom. The van der Waals surface area contributed by atoms with Crippen molar-refractivity contribution < 1.29 is 9.26 Å². The highest BCUT2D eigenvalue weighted by Gasteiger charge is 2.12. The molecule has 0 radical (unpaired) electrons. The Morgan fingerprint density at radius 3 is 3.00 bits per heavy atom. The fraction of sp³-hybridized carbons (Fsp3) is 0.100. The lowest BCUT2D eigenvalue weighted by atomic mass is 10.2. The van der Waals surface area contributed by atoms with Crippen molar-refractivity contribution in [2.24, 2.45) is 0 Å². The average Bonchev–Trinajstić information content (AvgIpc) is 3.32.